The van der Waals surface area contributed by atoms with Crippen molar-refractivity contribution in [2.24, 2.45) is 0 Å². The van der Waals surface area contributed by atoms with Crippen molar-refractivity contribution in [2.75, 3.05) is 39.9 Å². The molecule has 1 aromatic rings. The Hall–Kier alpha value is -1.30. The minimum atomic E-state index is 0.0873. The number of benzene rings is 1. The molecule has 1 heterocycles. The predicted octanol–water partition coefficient (Wildman–Crippen LogP) is 1.34. The number of phenolic OH excluding ortho intramolecular Hbond substituents is 1. The van der Waals surface area contributed by atoms with Gasteiger partial charge in [-0.25, -0.2) is 0 Å². The third-order valence-electron chi connectivity index (χ3n) is 3.26. The maximum absolute atomic E-state index is 12.1. The second-order valence-electron chi connectivity index (χ2n) is 4.94. The number of phenols is 1. The van der Waals surface area contributed by atoms with Crippen molar-refractivity contribution in [3.8, 4) is 5.75 Å². The predicted molar refractivity (Wildman–Crippen MR) is 76.8 cm³/mol. The highest BCUT2D eigenvalue weighted by molar-refractivity contribution is 6.30. The van der Waals surface area contributed by atoms with Crippen molar-refractivity contribution < 1.29 is 14.6 Å². The summed E-state index contributed by atoms with van der Waals surface area (Å²) in [5, 5.41) is 10.3. The number of rotatable bonds is 4. The molecule has 1 aliphatic rings. The zero-order valence-corrected chi connectivity index (χ0v) is 12.3. The van der Waals surface area contributed by atoms with E-state index < -0.39 is 0 Å². The van der Waals surface area contributed by atoms with Gasteiger partial charge in [0.2, 0.25) is 5.91 Å². The summed E-state index contributed by atoms with van der Waals surface area (Å²) in [6, 6.07) is 5.01. The Balaban J connectivity index is 1.88. The molecule has 0 saturated carbocycles. The smallest absolute Gasteiger partial charge is 0.236 e. The second kappa shape index (κ2) is 6.92. The van der Waals surface area contributed by atoms with E-state index in [1.807, 2.05) is 16.8 Å². The summed E-state index contributed by atoms with van der Waals surface area (Å²) in [5.74, 6) is 0.243. The normalized spacial score (nSPS) is 15.7. The summed E-state index contributed by atoms with van der Waals surface area (Å²) in [7, 11) is 1.85. The molecule has 6 heteroatoms. The molecule has 1 amide bonds. The molecule has 0 atom stereocenters. The monoisotopic (exact) mass is 298 g/mol. The van der Waals surface area contributed by atoms with Gasteiger partial charge < -0.3 is 14.7 Å². The average Bonchev–Trinajstić information content (AvgIpc) is 2.43. The van der Waals surface area contributed by atoms with Crippen molar-refractivity contribution in [1.29, 1.82) is 0 Å². The van der Waals surface area contributed by atoms with E-state index in [4.69, 9.17) is 16.3 Å². The van der Waals surface area contributed by atoms with Crippen LogP contribution in [0.4, 0.5) is 0 Å². The van der Waals surface area contributed by atoms with Gasteiger partial charge in [-0.1, -0.05) is 17.7 Å². The van der Waals surface area contributed by atoms with E-state index >= 15 is 0 Å². The molecule has 110 valence electrons. The molecule has 1 saturated heterocycles. The number of ether oxygens (including phenoxy) is 1. The van der Waals surface area contributed by atoms with E-state index in [1.54, 1.807) is 12.1 Å². The third kappa shape index (κ3) is 4.10. The Kier molecular flexibility index (Phi) is 5.23. The lowest BCUT2D eigenvalue weighted by Gasteiger charge is -2.28. The number of carbonyl (C=O) groups excluding carboxylic acids is 1. The van der Waals surface area contributed by atoms with Gasteiger partial charge in [0.25, 0.3) is 0 Å². The van der Waals surface area contributed by atoms with Gasteiger partial charge in [-0.2, -0.15) is 0 Å². The number of hydrogen-bond acceptors (Lipinski definition) is 4. The van der Waals surface area contributed by atoms with Crippen LogP contribution in [0.2, 0.25) is 5.02 Å². The van der Waals surface area contributed by atoms with Gasteiger partial charge in [0.1, 0.15) is 5.75 Å². The van der Waals surface area contributed by atoms with Crippen LogP contribution in [0.5, 0.6) is 5.75 Å². The number of halogens is 1. The van der Waals surface area contributed by atoms with Crippen molar-refractivity contribution in [3.63, 3.8) is 0 Å². The Morgan fingerprint density at radius 2 is 2.15 bits per heavy atom. The minimum Gasteiger partial charge on any atom is -0.508 e. The summed E-state index contributed by atoms with van der Waals surface area (Å²) < 4.78 is 5.22. The largest absolute Gasteiger partial charge is 0.508 e. The van der Waals surface area contributed by atoms with Gasteiger partial charge in [0.15, 0.2) is 0 Å². The maximum atomic E-state index is 12.1. The second-order valence-corrected chi connectivity index (χ2v) is 5.37. The Labute approximate surface area is 123 Å². The molecule has 5 nitrogen and oxygen atoms in total. The lowest BCUT2D eigenvalue weighted by Crippen LogP contribution is -2.44. The summed E-state index contributed by atoms with van der Waals surface area (Å²) in [5.41, 5.74) is 0.756. The molecule has 1 aromatic carbocycles. The zero-order chi connectivity index (χ0) is 14.5. The quantitative estimate of drug-likeness (QED) is 0.911. The number of hydrogen-bond donors (Lipinski definition) is 1. The van der Waals surface area contributed by atoms with Gasteiger partial charge >= 0.3 is 0 Å². The highest BCUT2D eigenvalue weighted by Gasteiger charge is 2.18. The summed E-state index contributed by atoms with van der Waals surface area (Å²) >= 11 is 5.79. The van der Waals surface area contributed by atoms with Crippen LogP contribution in [-0.2, 0) is 16.1 Å². The molecule has 0 unspecified atom stereocenters. The number of nitrogens with zero attached hydrogens (tertiary/aromatic N) is 2. The van der Waals surface area contributed by atoms with E-state index in [0.29, 0.717) is 44.4 Å². The molecular weight excluding hydrogens is 280 g/mol. The van der Waals surface area contributed by atoms with Crippen molar-refractivity contribution >= 4 is 17.5 Å². The van der Waals surface area contributed by atoms with E-state index in [0.717, 1.165) is 5.56 Å². The Morgan fingerprint density at radius 1 is 1.45 bits per heavy atom. The number of morpholine rings is 1. The highest BCUT2D eigenvalue weighted by atomic mass is 35.5. The molecule has 0 bridgehead atoms. The first kappa shape index (κ1) is 15.1. The molecule has 1 aliphatic heterocycles. The topological polar surface area (TPSA) is 53.0 Å². The molecule has 0 aliphatic carbocycles. The van der Waals surface area contributed by atoms with E-state index in [1.165, 1.54) is 6.07 Å². The number of carbonyl (C=O) groups is 1. The fourth-order valence-corrected chi connectivity index (χ4v) is 2.33. The summed E-state index contributed by atoms with van der Waals surface area (Å²) in [4.78, 5) is 15.8. The van der Waals surface area contributed by atoms with Crippen LogP contribution in [-0.4, -0.2) is 60.7 Å². The highest BCUT2D eigenvalue weighted by Crippen LogP contribution is 2.22. The number of aromatic hydroxyl groups is 1. The average molecular weight is 299 g/mol. The third-order valence-corrected chi connectivity index (χ3v) is 3.49. The minimum absolute atomic E-state index is 0.0873. The lowest BCUT2D eigenvalue weighted by molar-refractivity contribution is -0.136. The molecule has 0 radical (unpaired) electrons. The number of likely N-dealkylation sites (N-methyl/N-ethyl adjacent to an activating group) is 1. The molecule has 2 rings (SSSR count). The fraction of sp³-hybridized carbons (Fsp3) is 0.500. The van der Waals surface area contributed by atoms with Crippen molar-refractivity contribution in [2.45, 2.75) is 6.54 Å². The molecule has 1 fully saturated rings. The lowest BCUT2D eigenvalue weighted by atomic mass is 10.2. The van der Waals surface area contributed by atoms with E-state index in [9.17, 15) is 9.90 Å². The Morgan fingerprint density at radius 3 is 2.80 bits per heavy atom. The van der Waals surface area contributed by atoms with Crippen molar-refractivity contribution in [1.82, 2.24) is 9.80 Å². The molecule has 1 N–H and O–H groups in total. The van der Waals surface area contributed by atoms with Crippen LogP contribution in [0.1, 0.15) is 5.56 Å². The Bertz CT molecular complexity index is 475. The van der Waals surface area contributed by atoms with Crippen LogP contribution >= 0.6 is 11.6 Å². The molecule has 0 spiro atoms. The summed E-state index contributed by atoms with van der Waals surface area (Å²) in [6.45, 7) is 3.33. The van der Waals surface area contributed by atoms with Gasteiger partial charge in [0, 0.05) is 30.2 Å². The zero-order valence-electron chi connectivity index (χ0n) is 11.5. The first-order valence-corrected chi connectivity index (χ1v) is 6.95. The SMILES string of the molecule is CN(CC(=O)N1CCOCC1)Cc1ccc(Cl)cc1O. The van der Waals surface area contributed by atoms with Gasteiger partial charge in [-0.05, 0) is 19.2 Å². The first-order valence-electron chi connectivity index (χ1n) is 6.57. The summed E-state index contributed by atoms with van der Waals surface area (Å²) in [6.07, 6.45) is 0. The molecule has 0 aromatic heterocycles. The van der Waals surface area contributed by atoms with Crippen molar-refractivity contribution in [3.05, 3.63) is 28.8 Å². The van der Waals surface area contributed by atoms with Gasteiger partial charge in [-0.3, -0.25) is 9.69 Å². The fourth-order valence-electron chi connectivity index (χ4n) is 2.16. The first-order chi connectivity index (χ1) is 9.56. The molecule has 20 heavy (non-hydrogen) atoms. The van der Waals surface area contributed by atoms with Crippen LogP contribution in [0, 0.1) is 0 Å². The standard InChI is InChI=1S/C14H19ClN2O3/c1-16(9-11-2-3-12(15)8-13(11)18)10-14(19)17-4-6-20-7-5-17/h2-3,8,18H,4-7,9-10H2,1H3. The van der Waals surface area contributed by atoms with Gasteiger partial charge in [0.05, 0.1) is 19.8 Å². The van der Waals surface area contributed by atoms with E-state index in [2.05, 4.69) is 0 Å². The van der Waals surface area contributed by atoms with Crippen LogP contribution in [0.3, 0.4) is 0 Å². The van der Waals surface area contributed by atoms with Crippen LogP contribution < -0.4 is 0 Å². The van der Waals surface area contributed by atoms with E-state index in [-0.39, 0.29) is 11.7 Å². The number of amides is 1. The molecular formula is C14H19ClN2O3. The van der Waals surface area contributed by atoms with Crippen LogP contribution in [0.15, 0.2) is 18.2 Å². The van der Waals surface area contributed by atoms with Crippen LogP contribution in [0.25, 0.3) is 0 Å². The van der Waals surface area contributed by atoms with Gasteiger partial charge in [-0.15, -0.1) is 0 Å². The maximum Gasteiger partial charge on any atom is 0.236 e.